The van der Waals surface area contributed by atoms with Gasteiger partial charge in [-0.05, 0) is 47.5 Å². The molecule has 0 spiro atoms. The van der Waals surface area contributed by atoms with Crippen LogP contribution in [0.15, 0.2) is 66.7 Å². The number of imidazole rings is 1. The fraction of sp³-hybridized carbons (Fsp3) is 0.136. The average molecular weight is 377 g/mol. The molecular weight excluding hydrogens is 357 g/mol. The molecule has 1 heterocycles. The van der Waals surface area contributed by atoms with Gasteiger partial charge in [0.25, 0.3) is 0 Å². The largest absolute Gasteiger partial charge is 0.493 e. The quantitative estimate of drug-likeness (QED) is 0.541. The molecular formula is C22H20FN3O2. The molecule has 0 aliphatic rings. The number of benzene rings is 3. The van der Waals surface area contributed by atoms with Crippen molar-refractivity contribution in [3.05, 3.63) is 83.7 Å². The lowest BCUT2D eigenvalue weighted by atomic mass is 10.2. The number of rotatable bonds is 6. The van der Waals surface area contributed by atoms with E-state index in [1.165, 1.54) is 12.1 Å². The summed E-state index contributed by atoms with van der Waals surface area (Å²) in [6, 6.07) is 19.8. The number of halogens is 1. The Morgan fingerprint density at radius 1 is 0.964 bits per heavy atom. The Balaban J connectivity index is 1.54. The highest BCUT2D eigenvalue weighted by molar-refractivity contribution is 5.78. The maximum absolute atomic E-state index is 13.0. The zero-order valence-corrected chi connectivity index (χ0v) is 15.4. The van der Waals surface area contributed by atoms with Gasteiger partial charge in [-0.25, -0.2) is 9.37 Å². The first-order valence-corrected chi connectivity index (χ1v) is 8.89. The number of methoxy groups -OCH3 is 1. The predicted molar refractivity (Wildman–Crippen MR) is 107 cm³/mol. The number of ether oxygens (including phenoxy) is 2. The lowest BCUT2D eigenvalue weighted by molar-refractivity contribution is 0.284. The van der Waals surface area contributed by atoms with E-state index in [2.05, 4.69) is 4.98 Å². The second-order valence-electron chi connectivity index (χ2n) is 6.45. The molecule has 0 unspecified atom stereocenters. The summed E-state index contributed by atoms with van der Waals surface area (Å²) >= 11 is 0. The normalized spacial score (nSPS) is 10.9. The summed E-state index contributed by atoms with van der Waals surface area (Å²) in [5.74, 6) is 1.45. The van der Waals surface area contributed by atoms with Crippen LogP contribution in [0.2, 0.25) is 0 Å². The minimum atomic E-state index is -0.267. The van der Waals surface area contributed by atoms with E-state index in [0.29, 0.717) is 30.6 Å². The van der Waals surface area contributed by atoms with Gasteiger partial charge in [0.1, 0.15) is 12.4 Å². The van der Waals surface area contributed by atoms with Crippen LogP contribution >= 0.6 is 0 Å². The number of hydrogen-bond donors (Lipinski definition) is 1. The van der Waals surface area contributed by atoms with Crippen molar-refractivity contribution in [3.8, 4) is 11.5 Å². The summed E-state index contributed by atoms with van der Waals surface area (Å²) in [5.41, 5.74) is 9.84. The number of aromatic nitrogens is 2. The molecule has 4 rings (SSSR count). The van der Waals surface area contributed by atoms with Gasteiger partial charge in [-0.1, -0.05) is 30.3 Å². The molecule has 28 heavy (non-hydrogen) atoms. The second kappa shape index (κ2) is 7.60. The van der Waals surface area contributed by atoms with Crippen LogP contribution in [0, 0.1) is 5.82 Å². The van der Waals surface area contributed by atoms with Gasteiger partial charge < -0.3 is 19.8 Å². The van der Waals surface area contributed by atoms with Gasteiger partial charge in [-0.2, -0.15) is 0 Å². The van der Waals surface area contributed by atoms with Crippen LogP contribution in [-0.2, 0) is 13.2 Å². The molecule has 0 radical (unpaired) electrons. The van der Waals surface area contributed by atoms with Crippen molar-refractivity contribution in [2.75, 3.05) is 12.8 Å². The minimum absolute atomic E-state index is 0.267. The summed E-state index contributed by atoms with van der Waals surface area (Å²) in [6.45, 7) is 0.899. The molecule has 5 nitrogen and oxygen atoms in total. The van der Waals surface area contributed by atoms with E-state index in [1.807, 2.05) is 47.0 Å². The number of anilines is 1. The Kier molecular flexibility index (Phi) is 4.85. The summed E-state index contributed by atoms with van der Waals surface area (Å²) in [5, 5.41) is 0. The van der Waals surface area contributed by atoms with E-state index in [4.69, 9.17) is 15.2 Å². The van der Waals surface area contributed by atoms with Crippen molar-refractivity contribution in [1.29, 1.82) is 0 Å². The first-order chi connectivity index (χ1) is 13.6. The minimum Gasteiger partial charge on any atom is -0.493 e. The Hall–Kier alpha value is -3.54. The molecule has 0 fully saturated rings. The Bertz CT molecular complexity index is 1110. The monoisotopic (exact) mass is 377 g/mol. The molecule has 4 aromatic rings. The number of nitrogens with two attached hydrogens (primary N) is 1. The molecule has 1 aromatic heterocycles. The van der Waals surface area contributed by atoms with Crippen LogP contribution < -0.4 is 15.2 Å². The molecule has 0 saturated heterocycles. The average Bonchev–Trinajstić information content (AvgIpc) is 3.03. The van der Waals surface area contributed by atoms with Gasteiger partial charge in [-0.15, -0.1) is 0 Å². The fourth-order valence-electron chi connectivity index (χ4n) is 3.11. The van der Waals surface area contributed by atoms with Gasteiger partial charge in [0.05, 0.1) is 24.7 Å². The van der Waals surface area contributed by atoms with Gasteiger partial charge in [-0.3, -0.25) is 0 Å². The van der Waals surface area contributed by atoms with E-state index in [0.717, 1.165) is 22.2 Å². The smallest absolute Gasteiger partial charge is 0.201 e. The third-order valence-corrected chi connectivity index (χ3v) is 4.56. The SMILES string of the molecule is COc1cc(Cn2c(N)nc3ccccc32)ccc1OCc1ccc(F)cc1. The highest BCUT2D eigenvalue weighted by Crippen LogP contribution is 2.30. The van der Waals surface area contributed by atoms with E-state index in [-0.39, 0.29) is 5.82 Å². The lowest BCUT2D eigenvalue weighted by Crippen LogP contribution is -2.05. The van der Waals surface area contributed by atoms with Crippen LogP contribution in [0.3, 0.4) is 0 Å². The lowest BCUT2D eigenvalue weighted by Gasteiger charge is -2.13. The first kappa shape index (κ1) is 17.9. The van der Waals surface area contributed by atoms with Crippen molar-refractivity contribution in [2.24, 2.45) is 0 Å². The van der Waals surface area contributed by atoms with Gasteiger partial charge in [0, 0.05) is 0 Å². The van der Waals surface area contributed by atoms with E-state index in [9.17, 15) is 4.39 Å². The van der Waals surface area contributed by atoms with Crippen LogP contribution in [0.5, 0.6) is 11.5 Å². The number of fused-ring (bicyclic) bond motifs is 1. The highest BCUT2D eigenvalue weighted by Gasteiger charge is 2.11. The van der Waals surface area contributed by atoms with Gasteiger partial charge in [0.15, 0.2) is 11.5 Å². The molecule has 142 valence electrons. The summed E-state index contributed by atoms with van der Waals surface area (Å²) in [4.78, 5) is 4.40. The van der Waals surface area contributed by atoms with Crippen molar-refractivity contribution in [2.45, 2.75) is 13.2 Å². The van der Waals surface area contributed by atoms with Crippen LogP contribution in [0.1, 0.15) is 11.1 Å². The van der Waals surface area contributed by atoms with Crippen LogP contribution in [0.4, 0.5) is 10.3 Å². The standard InChI is InChI=1S/C22H20FN3O2/c1-27-21-12-16(13-26-19-5-3-2-4-18(19)25-22(26)24)8-11-20(21)28-14-15-6-9-17(23)10-7-15/h2-12H,13-14H2,1H3,(H2,24,25). The predicted octanol–water partition coefficient (Wildman–Crippen LogP) is 4.39. The fourth-order valence-corrected chi connectivity index (χ4v) is 3.11. The zero-order valence-electron chi connectivity index (χ0n) is 15.4. The molecule has 0 bridgehead atoms. The molecule has 6 heteroatoms. The Morgan fingerprint density at radius 3 is 2.50 bits per heavy atom. The number of para-hydroxylation sites is 2. The molecule has 0 aliphatic heterocycles. The van der Waals surface area contributed by atoms with Crippen molar-refractivity contribution in [3.63, 3.8) is 0 Å². The maximum Gasteiger partial charge on any atom is 0.201 e. The van der Waals surface area contributed by atoms with E-state index >= 15 is 0 Å². The molecule has 0 saturated carbocycles. The molecule has 0 aliphatic carbocycles. The van der Waals surface area contributed by atoms with Crippen LogP contribution in [0.25, 0.3) is 11.0 Å². The number of nitrogens with zero attached hydrogens (tertiary/aromatic N) is 2. The van der Waals surface area contributed by atoms with E-state index < -0.39 is 0 Å². The summed E-state index contributed by atoms with van der Waals surface area (Å²) < 4.78 is 26.3. The first-order valence-electron chi connectivity index (χ1n) is 8.89. The number of nitrogen functional groups attached to an aromatic ring is 1. The third-order valence-electron chi connectivity index (χ3n) is 4.56. The van der Waals surface area contributed by atoms with Crippen molar-refractivity contribution in [1.82, 2.24) is 9.55 Å². The van der Waals surface area contributed by atoms with E-state index in [1.54, 1.807) is 19.2 Å². The molecule has 0 atom stereocenters. The third kappa shape index (κ3) is 3.62. The Labute approximate surface area is 162 Å². The zero-order chi connectivity index (χ0) is 19.5. The highest BCUT2D eigenvalue weighted by atomic mass is 19.1. The molecule has 2 N–H and O–H groups in total. The maximum atomic E-state index is 13.0. The molecule has 3 aromatic carbocycles. The topological polar surface area (TPSA) is 62.3 Å². The van der Waals surface area contributed by atoms with Crippen molar-refractivity contribution < 1.29 is 13.9 Å². The second-order valence-corrected chi connectivity index (χ2v) is 6.45. The summed E-state index contributed by atoms with van der Waals surface area (Å²) in [7, 11) is 1.60. The number of hydrogen-bond acceptors (Lipinski definition) is 4. The summed E-state index contributed by atoms with van der Waals surface area (Å²) in [6.07, 6.45) is 0. The van der Waals surface area contributed by atoms with Gasteiger partial charge in [0.2, 0.25) is 5.95 Å². The van der Waals surface area contributed by atoms with Crippen molar-refractivity contribution >= 4 is 17.0 Å². The molecule has 0 amide bonds. The Morgan fingerprint density at radius 2 is 1.71 bits per heavy atom. The van der Waals surface area contributed by atoms with Crippen LogP contribution in [-0.4, -0.2) is 16.7 Å². The van der Waals surface area contributed by atoms with Gasteiger partial charge >= 0.3 is 0 Å².